The summed E-state index contributed by atoms with van der Waals surface area (Å²) in [4.78, 5) is 12.0. The number of halogens is 2. The second-order valence-corrected chi connectivity index (χ2v) is 6.03. The predicted octanol–water partition coefficient (Wildman–Crippen LogP) is 4.59. The molecule has 3 nitrogen and oxygen atoms in total. The van der Waals surface area contributed by atoms with Crippen molar-refractivity contribution in [3.8, 4) is 0 Å². The minimum absolute atomic E-state index is 0.0259. The molecule has 0 unspecified atom stereocenters. The quantitative estimate of drug-likeness (QED) is 0.838. The van der Waals surface area contributed by atoms with Crippen LogP contribution in [-0.4, -0.2) is 12.5 Å². The second-order valence-electron chi connectivity index (χ2n) is 5.19. The number of hydrogen-bond acceptors (Lipinski definition) is 2. The number of benzene rings is 2. The third-order valence-electron chi connectivity index (χ3n) is 3.32. The van der Waals surface area contributed by atoms with Gasteiger partial charge in [-0.3, -0.25) is 4.79 Å². The summed E-state index contributed by atoms with van der Waals surface area (Å²) < 4.78 is 0. The van der Waals surface area contributed by atoms with Gasteiger partial charge in [-0.05, 0) is 49.2 Å². The van der Waals surface area contributed by atoms with Gasteiger partial charge in [-0.25, -0.2) is 0 Å². The maximum absolute atomic E-state index is 12.0. The first-order valence-electron chi connectivity index (χ1n) is 7.00. The van der Waals surface area contributed by atoms with E-state index in [1.165, 1.54) is 0 Å². The van der Waals surface area contributed by atoms with Crippen LogP contribution in [0.3, 0.4) is 0 Å². The van der Waals surface area contributed by atoms with Gasteiger partial charge >= 0.3 is 0 Å². The summed E-state index contributed by atoms with van der Waals surface area (Å²) in [6.07, 6.45) is 0. The van der Waals surface area contributed by atoms with E-state index < -0.39 is 0 Å². The molecular weight excluding hydrogens is 319 g/mol. The molecule has 2 rings (SSSR count). The number of amides is 1. The Balaban J connectivity index is 1.90. The zero-order valence-electron chi connectivity index (χ0n) is 12.5. The van der Waals surface area contributed by atoms with E-state index in [0.717, 1.165) is 11.1 Å². The molecule has 0 spiro atoms. The van der Waals surface area contributed by atoms with Gasteiger partial charge in [0, 0.05) is 11.1 Å². The van der Waals surface area contributed by atoms with Gasteiger partial charge in [-0.1, -0.05) is 41.4 Å². The van der Waals surface area contributed by atoms with E-state index in [0.29, 0.717) is 15.7 Å². The topological polar surface area (TPSA) is 41.1 Å². The lowest BCUT2D eigenvalue weighted by Gasteiger charge is -2.15. The Bertz CT molecular complexity index is 673. The first kappa shape index (κ1) is 16.8. The minimum Gasteiger partial charge on any atom is -0.324 e. The molecular formula is C17H18Cl2N2O. The van der Waals surface area contributed by atoms with Crippen molar-refractivity contribution in [1.82, 2.24) is 5.32 Å². The molecule has 1 amide bonds. The summed E-state index contributed by atoms with van der Waals surface area (Å²) in [5, 5.41) is 7.18. The third-order valence-corrected chi connectivity index (χ3v) is 3.86. The van der Waals surface area contributed by atoms with Gasteiger partial charge in [0.25, 0.3) is 0 Å². The Hall–Kier alpha value is -1.55. The zero-order valence-corrected chi connectivity index (χ0v) is 14.0. The Morgan fingerprint density at radius 3 is 2.64 bits per heavy atom. The van der Waals surface area contributed by atoms with E-state index in [1.807, 2.05) is 50.2 Å². The summed E-state index contributed by atoms with van der Waals surface area (Å²) in [7, 11) is 0. The van der Waals surface area contributed by atoms with Crippen molar-refractivity contribution in [2.24, 2.45) is 0 Å². The molecule has 0 saturated heterocycles. The molecule has 0 radical (unpaired) electrons. The Morgan fingerprint density at radius 2 is 1.95 bits per heavy atom. The lowest BCUT2D eigenvalue weighted by Crippen LogP contribution is -2.30. The van der Waals surface area contributed by atoms with Crippen LogP contribution in [0, 0.1) is 6.92 Å². The lowest BCUT2D eigenvalue weighted by molar-refractivity contribution is -0.115. The fraction of sp³-hybridized carbons (Fsp3) is 0.235. The molecule has 1 atom stereocenters. The smallest absolute Gasteiger partial charge is 0.238 e. The molecule has 22 heavy (non-hydrogen) atoms. The van der Waals surface area contributed by atoms with Crippen molar-refractivity contribution in [2.45, 2.75) is 19.9 Å². The van der Waals surface area contributed by atoms with E-state index in [1.54, 1.807) is 6.07 Å². The first-order chi connectivity index (χ1) is 10.5. The normalized spacial score (nSPS) is 12.0. The van der Waals surface area contributed by atoms with Crippen LogP contribution in [-0.2, 0) is 4.79 Å². The van der Waals surface area contributed by atoms with Crippen LogP contribution < -0.4 is 10.6 Å². The molecule has 2 aromatic carbocycles. The first-order valence-corrected chi connectivity index (χ1v) is 7.76. The molecule has 0 bridgehead atoms. The number of anilines is 1. The second kappa shape index (κ2) is 7.63. The van der Waals surface area contributed by atoms with E-state index >= 15 is 0 Å². The van der Waals surface area contributed by atoms with Gasteiger partial charge < -0.3 is 10.6 Å². The average molecular weight is 337 g/mol. The van der Waals surface area contributed by atoms with Gasteiger partial charge in [0.2, 0.25) is 5.91 Å². The Morgan fingerprint density at radius 1 is 1.18 bits per heavy atom. The summed E-state index contributed by atoms with van der Waals surface area (Å²) in [5.74, 6) is -0.139. The summed E-state index contributed by atoms with van der Waals surface area (Å²) in [6.45, 7) is 4.13. The van der Waals surface area contributed by atoms with Crippen LogP contribution in [0.25, 0.3) is 0 Å². The molecule has 5 heteroatoms. The molecule has 0 saturated carbocycles. The highest BCUT2D eigenvalue weighted by Crippen LogP contribution is 2.22. The van der Waals surface area contributed by atoms with Crippen molar-refractivity contribution in [1.29, 1.82) is 0 Å². The SMILES string of the molecule is Cc1ccc(NC(=O)CN[C@@H](C)c2cccc(Cl)c2)c(Cl)c1. The number of aryl methyl sites for hydroxylation is 1. The highest BCUT2D eigenvalue weighted by molar-refractivity contribution is 6.33. The van der Waals surface area contributed by atoms with Crippen molar-refractivity contribution in [3.05, 3.63) is 63.6 Å². The molecule has 0 aliphatic heterocycles. The molecule has 0 aliphatic rings. The summed E-state index contributed by atoms with van der Waals surface area (Å²) in [6, 6.07) is 13.1. The number of hydrogen-bond donors (Lipinski definition) is 2. The van der Waals surface area contributed by atoms with Gasteiger partial charge in [-0.15, -0.1) is 0 Å². The van der Waals surface area contributed by atoms with Crippen LogP contribution in [0.2, 0.25) is 10.0 Å². The van der Waals surface area contributed by atoms with Gasteiger partial charge in [0.15, 0.2) is 0 Å². The maximum atomic E-state index is 12.0. The lowest BCUT2D eigenvalue weighted by atomic mass is 10.1. The zero-order chi connectivity index (χ0) is 16.1. The fourth-order valence-corrected chi connectivity index (χ4v) is 2.54. The number of nitrogens with one attached hydrogen (secondary N) is 2. The Kier molecular flexibility index (Phi) is 5.83. The van der Waals surface area contributed by atoms with Crippen LogP contribution in [0.15, 0.2) is 42.5 Å². The van der Waals surface area contributed by atoms with Gasteiger partial charge in [0.1, 0.15) is 0 Å². The van der Waals surface area contributed by atoms with E-state index in [9.17, 15) is 4.79 Å². The molecule has 0 heterocycles. The number of carbonyl (C=O) groups is 1. The molecule has 2 aromatic rings. The van der Waals surface area contributed by atoms with Crippen LogP contribution in [0.4, 0.5) is 5.69 Å². The largest absolute Gasteiger partial charge is 0.324 e. The Labute approximate surface area is 140 Å². The maximum Gasteiger partial charge on any atom is 0.238 e. The summed E-state index contributed by atoms with van der Waals surface area (Å²) >= 11 is 12.1. The number of rotatable bonds is 5. The third kappa shape index (κ3) is 4.73. The summed E-state index contributed by atoms with van der Waals surface area (Å²) in [5.41, 5.74) is 2.71. The van der Waals surface area contributed by atoms with Crippen molar-refractivity contribution in [3.63, 3.8) is 0 Å². The molecule has 2 N–H and O–H groups in total. The molecule has 0 fully saturated rings. The van der Waals surface area contributed by atoms with Crippen LogP contribution in [0.1, 0.15) is 24.1 Å². The van der Waals surface area contributed by atoms with Crippen LogP contribution >= 0.6 is 23.2 Å². The van der Waals surface area contributed by atoms with E-state index in [-0.39, 0.29) is 18.5 Å². The monoisotopic (exact) mass is 336 g/mol. The minimum atomic E-state index is -0.139. The average Bonchev–Trinajstić information content (AvgIpc) is 2.47. The van der Waals surface area contributed by atoms with Crippen molar-refractivity contribution in [2.75, 3.05) is 11.9 Å². The molecule has 116 valence electrons. The highest BCUT2D eigenvalue weighted by Gasteiger charge is 2.09. The van der Waals surface area contributed by atoms with E-state index in [4.69, 9.17) is 23.2 Å². The standard InChI is InChI=1S/C17H18Cl2N2O/c1-11-6-7-16(15(19)8-11)21-17(22)10-20-12(2)13-4-3-5-14(18)9-13/h3-9,12,20H,10H2,1-2H3,(H,21,22)/t12-/m0/s1. The number of carbonyl (C=O) groups excluding carboxylic acids is 1. The van der Waals surface area contributed by atoms with Gasteiger partial charge in [0.05, 0.1) is 17.3 Å². The fourth-order valence-electron chi connectivity index (χ4n) is 2.06. The van der Waals surface area contributed by atoms with E-state index in [2.05, 4.69) is 10.6 Å². The highest BCUT2D eigenvalue weighted by atomic mass is 35.5. The van der Waals surface area contributed by atoms with Gasteiger partial charge in [-0.2, -0.15) is 0 Å². The van der Waals surface area contributed by atoms with Crippen molar-refractivity contribution < 1.29 is 4.79 Å². The molecule has 0 aromatic heterocycles. The predicted molar refractivity (Wildman–Crippen MR) is 92.7 cm³/mol. The van der Waals surface area contributed by atoms with Crippen LogP contribution in [0.5, 0.6) is 0 Å². The molecule has 0 aliphatic carbocycles. The van der Waals surface area contributed by atoms with Crippen molar-refractivity contribution >= 4 is 34.8 Å².